The first-order valence-electron chi connectivity index (χ1n) is 7.82. The van der Waals surface area contributed by atoms with E-state index in [9.17, 15) is 0 Å². The van der Waals surface area contributed by atoms with Crippen molar-refractivity contribution in [3.63, 3.8) is 0 Å². The molecule has 2 heteroatoms. The number of aryl methyl sites for hydroxylation is 2. The molecule has 1 saturated carbocycles. The molecule has 2 aliphatic rings. The molecule has 1 aromatic carbocycles. The highest BCUT2D eigenvalue weighted by Crippen LogP contribution is 2.35. The molecular weight excluding hydrogens is 234 g/mol. The predicted octanol–water partition coefficient (Wildman–Crippen LogP) is 4.75. The van der Waals surface area contributed by atoms with Gasteiger partial charge in [-0.2, -0.15) is 0 Å². The maximum Gasteiger partial charge on any atom is 0.198 e. The number of benzene rings is 1. The van der Waals surface area contributed by atoms with Gasteiger partial charge in [-0.05, 0) is 61.8 Å². The molecule has 100 valence electrons. The molecule has 0 N–H and O–H groups in total. The summed E-state index contributed by atoms with van der Waals surface area (Å²) in [5, 5.41) is 0. The molecule has 1 aromatic heterocycles. The van der Waals surface area contributed by atoms with Crippen LogP contribution >= 0.6 is 0 Å². The molecule has 0 radical (unpaired) electrons. The summed E-state index contributed by atoms with van der Waals surface area (Å²) >= 11 is 0. The van der Waals surface area contributed by atoms with Crippen LogP contribution < -0.4 is 0 Å². The molecular formula is C17H21NO. The van der Waals surface area contributed by atoms with E-state index in [4.69, 9.17) is 9.40 Å². The Kier molecular flexibility index (Phi) is 2.82. The molecule has 0 amide bonds. The lowest BCUT2D eigenvalue weighted by molar-refractivity contribution is 0.373. The van der Waals surface area contributed by atoms with E-state index >= 15 is 0 Å². The summed E-state index contributed by atoms with van der Waals surface area (Å²) in [4.78, 5) is 4.78. The van der Waals surface area contributed by atoms with Crippen LogP contribution in [0.3, 0.4) is 0 Å². The minimum Gasteiger partial charge on any atom is -0.440 e. The number of nitrogens with zero attached hydrogens (tertiary/aromatic N) is 1. The zero-order chi connectivity index (χ0) is 12.7. The molecule has 0 bridgehead atoms. The van der Waals surface area contributed by atoms with Crippen molar-refractivity contribution in [2.24, 2.45) is 0 Å². The molecule has 0 unspecified atom stereocenters. The Balaban J connectivity index is 1.73. The van der Waals surface area contributed by atoms with E-state index in [0.717, 1.165) is 17.0 Å². The van der Waals surface area contributed by atoms with Crippen LogP contribution in [0.2, 0.25) is 0 Å². The summed E-state index contributed by atoms with van der Waals surface area (Å²) in [6.07, 6.45) is 11.6. The summed E-state index contributed by atoms with van der Waals surface area (Å²) in [6, 6.07) is 4.53. The van der Waals surface area contributed by atoms with Gasteiger partial charge in [-0.1, -0.05) is 19.3 Å². The second-order valence-electron chi connectivity index (χ2n) is 6.18. The van der Waals surface area contributed by atoms with Crippen molar-refractivity contribution in [2.75, 3.05) is 0 Å². The third-order valence-corrected chi connectivity index (χ3v) is 4.82. The topological polar surface area (TPSA) is 26.0 Å². The van der Waals surface area contributed by atoms with Crippen LogP contribution in [-0.4, -0.2) is 4.98 Å². The molecule has 1 fully saturated rings. The van der Waals surface area contributed by atoms with E-state index in [2.05, 4.69) is 12.1 Å². The molecule has 0 aliphatic heterocycles. The molecule has 2 aromatic rings. The SMILES string of the molecule is c1c2c(cc3oc(C4CCCCC4)nc13)CCCC2. The lowest BCUT2D eigenvalue weighted by atomic mass is 9.89. The second-order valence-corrected chi connectivity index (χ2v) is 6.18. The highest BCUT2D eigenvalue weighted by molar-refractivity contribution is 5.75. The fourth-order valence-corrected chi connectivity index (χ4v) is 3.70. The zero-order valence-electron chi connectivity index (χ0n) is 11.5. The maximum atomic E-state index is 6.06. The van der Waals surface area contributed by atoms with Crippen molar-refractivity contribution in [1.29, 1.82) is 0 Å². The summed E-state index contributed by atoms with van der Waals surface area (Å²) in [5.74, 6) is 1.57. The maximum absolute atomic E-state index is 6.06. The smallest absolute Gasteiger partial charge is 0.198 e. The van der Waals surface area contributed by atoms with E-state index in [1.807, 2.05) is 0 Å². The highest BCUT2D eigenvalue weighted by atomic mass is 16.3. The number of fused-ring (bicyclic) bond motifs is 2. The normalized spacial score (nSPS) is 20.6. The minimum absolute atomic E-state index is 0.568. The second kappa shape index (κ2) is 4.66. The fraction of sp³-hybridized carbons (Fsp3) is 0.588. The molecule has 2 nitrogen and oxygen atoms in total. The van der Waals surface area contributed by atoms with Crippen LogP contribution in [0.15, 0.2) is 16.5 Å². The first-order chi connectivity index (χ1) is 9.40. The lowest BCUT2D eigenvalue weighted by Crippen LogP contribution is -2.04. The van der Waals surface area contributed by atoms with E-state index < -0.39 is 0 Å². The average Bonchev–Trinajstić information content (AvgIpc) is 2.88. The van der Waals surface area contributed by atoms with Gasteiger partial charge in [0.25, 0.3) is 0 Å². The van der Waals surface area contributed by atoms with Crippen molar-refractivity contribution < 1.29 is 4.42 Å². The summed E-state index contributed by atoms with van der Waals surface area (Å²) in [7, 11) is 0. The third kappa shape index (κ3) is 2.07. The van der Waals surface area contributed by atoms with Crippen LogP contribution in [-0.2, 0) is 12.8 Å². The van der Waals surface area contributed by atoms with Crippen molar-refractivity contribution >= 4 is 11.1 Å². The van der Waals surface area contributed by atoms with Crippen LogP contribution in [0.1, 0.15) is 67.9 Å². The summed E-state index contributed by atoms with van der Waals surface area (Å²) < 4.78 is 6.06. The number of hydrogen-bond donors (Lipinski definition) is 0. The summed E-state index contributed by atoms with van der Waals surface area (Å²) in [6.45, 7) is 0. The first kappa shape index (κ1) is 11.5. The van der Waals surface area contributed by atoms with Crippen LogP contribution in [0.5, 0.6) is 0 Å². The molecule has 0 saturated heterocycles. The Morgan fingerprint density at radius 2 is 1.63 bits per heavy atom. The fourth-order valence-electron chi connectivity index (χ4n) is 3.70. The number of aromatic nitrogens is 1. The quantitative estimate of drug-likeness (QED) is 0.734. The largest absolute Gasteiger partial charge is 0.440 e. The number of oxazole rings is 1. The van der Waals surface area contributed by atoms with Gasteiger partial charge in [0.05, 0.1) is 0 Å². The predicted molar refractivity (Wildman–Crippen MR) is 76.5 cm³/mol. The van der Waals surface area contributed by atoms with Crippen molar-refractivity contribution in [3.8, 4) is 0 Å². The van der Waals surface area contributed by atoms with Gasteiger partial charge >= 0.3 is 0 Å². The standard InChI is InChI=1S/C17H21NO/c1-2-6-12(7-3-1)17-18-15-10-13-8-4-5-9-14(13)11-16(15)19-17/h10-12H,1-9H2. The van der Waals surface area contributed by atoms with Gasteiger partial charge in [-0.3, -0.25) is 0 Å². The van der Waals surface area contributed by atoms with Crippen molar-refractivity contribution in [1.82, 2.24) is 4.98 Å². The Morgan fingerprint density at radius 3 is 2.42 bits per heavy atom. The Hall–Kier alpha value is -1.31. The highest BCUT2D eigenvalue weighted by Gasteiger charge is 2.21. The monoisotopic (exact) mass is 255 g/mol. The molecule has 1 heterocycles. The van der Waals surface area contributed by atoms with Gasteiger partial charge in [0.1, 0.15) is 5.52 Å². The molecule has 4 rings (SSSR count). The van der Waals surface area contributed by atoms with Gasteiger partial charge in [-0.15, -0.1) is 0 Å². The van der Waals surface area contributed by atoms with E-state index in [0.29, 0.717) is 5.92 Å². The Bertz CT molecular complexity index is 550. The van der Waals surface area contributed by atoms with Gasteiger partial charge in [0.2, 0.25) is 0 Å². The van der Waals surface area contributed by atoms with Crippen LogP contribution in [0.25, 0.3) is 11.1 Å². The molecule has 19 heavy (non-hydrogen) atoms. The first-order valence-corrected chi connectivity index (χ1v) is 7.82. The van der Waals surface area contributed by atoms with Gasteiger partial charge in [-0.25, -0.2) is 4.98 Å². The van der Waals surface area contributed by atoms with Gasteiger partial charge in [0.15, 0.2) is 11.5 Å². The molecule has 0 atom stereocenters. The van der Waals surface area contributed by atoms with E-state index in [1.54, 1.807) is 0 Å². The summed E-state index contributed by atoms with van der Waals surface area (Å²) in [5.41, 5.74) is 5.09. The molecule has 0 spiro atoms. The van der Waals surface area contributed by atoms with E-state index in [1.165, 1.54) is 68.9 Å². The van der Waals surface area contributed by atoms with Crippen molar-refractivity contribution in [2.45, 2.75) is 63.7 Å². The number of rotatable bonds is 1. The molecule has 2 aliphatic carbocycles. The van der Waals surface area contributed by atoms with Gasteiger partial charge < -0.3 is 4.42 Å². The van der Waals surface area contributed by atoms with Crippen molar-refractivity contribution in [3.05, 3.63) is 29.2 Å². The minimum atomic E-state index is 0.568. The Labute approximate surface area is 114 Å². The number of hydrogen-bond acceptors (Lipinski definition) is 2. The average molecular weight is 255 g/mol. The Morgan fingerprint density at radius 1 is 0.895 bits per heavy atom. The van der Waals surface area contributed by atoms with E-state index in [-0.39, 0.29) is 0 Å². The zero-order valence-corrected chi connectivity index (χ0v) is 11.5. The van der Waals surface area contributed by atoms with Crippen LogP contribution in [0, 0.1) is 0 Å². The van der Waals surface area contributed by atoms with Gasteiger partial charge in [0, 0.05) is 5.92 Å². The van der Waals surface area contributed by atoms with Crippen LogP contribution in [0.4, 0.5) is 0 Å². The lowest BCUT2D eigenvalue weighted by Gasteiger charge is -2.17. The third-order valence-electron chi connectivity index (χ3n) is 4.82.